The molecule has 0 aliphatic carbocycles. The summed E-state index contributed by atoms with van der Waals surface area (Å²) in [6.45, 7) is 8.77. The van der Waals surface area contributed by atoms with Crippen molar-refractivity contribution >= 4 is 17.3 Å². The van der Waals surface area contributed by atoms with Crippen molar-refractivity contribution in [2.45, 2.75) is 33.6 Å². The Bertz CT molecular complexity index is 416. The molecular weight excluding hydrogens is 250 g/mol. The highest BCUT2D eigenvalue weighted by Crippen LogP contribution is 2.16. The van der Waals surface area contributed by atoms with E-state index in [0.717, 1.165) is 25.9 Å². The highest BCUT2D eigenvalue weighted by molar-refractivity contribution is 5.95. The summed E-state index contributed by atoms with van der Waals surface area (Å²) < 4.78 is 0. The van der Waals surface area contributed by atoms with Gasteiger partial charge in [0.25, 0.3) is 0 Å². The highest BCUT2D eigenvalue weighted by Gasteiger charge is 2.14. The van der Waals surface area contributed by atoms with Gasteiger partial charge < -0.3 is 11.1 Å². The van der Waals surface area contributed by atoms with Gasteiger partial charge in [0.05, 0.1) is 17.9 Å². The SMILES string of the molecule is CCC(CC)CN(CC)CC(=O)Nc1ccccc1N. The van der Waals surface area contributed by atoms with Crippen molar-refractivity contribution in [2.24, 2.45) is 5.92 Å². The molecule has 0 saturated carbocycles. The smallest absolute Gasteiger partial charge is 0.238 e. The predicted molar refractivity (Wildman–Crippen MR) is 85.7 cm³/mol. The first-order valence-corrected chi connectivity index (χ1v) is 7.47. The second-order valence-electron chi connectivity index (χ2n) is 5.15. The van der Waals surface area contributed by atoms with Gasteiger partial charge in [0.2, 0.25) is 5.91 Å². The molecule has 0 aliphatic rings. The van der Waals surface area contributed by atoms with E-state index in [-0.39, 0.29) is 5.91 Å². The second kappa shape index (κ2) is 8.59. The van der Waals surface area contributed by atoms with Crippen LogP contribution in [0.15, 0.2) is 24.3 Å². The Labute approximate surface area is 122 Å². The average Bonchev–Trinajstić information content (AvgIpc) is 2.45. The summed E-state index contributed by atoms with van der Waals surface area (Å²) in [4.78, 5) is 14.3. The van der Waals surface area contributed by atoms with E-state index in [1.54, 1.807) is 6.07 Å². The van der Waals surface area contributed by atoms with Crippen LogP contribution in [0, 0.1) is 5.92 Å². The standard InChI is InChI=1S/C16H27N3O/c1-4-13(5-2)11-19(6-3)12-16(20)18-15-10-8-7-9-14(15)17/h7-10,13H,4-6,11-12,17H2,1-3H3,(H,18,20). The van der Waals surface area contributed by atoms with Crippen molar-refractivity contribution in [1.82, 2.24) is 4.90 Å². The van der Waals surface area contributed by atoms with Gasteiger partial charge in [0.1, 0.15) is 0 Å². The van der Waals surface area contributed by atoms with E-state index in [2.05, 4.69) is 31.0 Å². The molecule has 0 aromatic heterocycles. The molecule has 0 aliphatic heterocycles. The Morgan fingerprint density at radius 3 is 2.45 bits per heavy atom. The van der Waals surface area contributed by atoms with E-state index < -0.39 is 0 Å². The van der Waals surface area contributed by atoms with Gasteiger partial charge in [-0.05, 0) is 24.6 Å². The third-order valence-corrected chi connectivity index (χ3v) is 3.72. The van der Waals surface area contributed by atoms with Gasteiger partial charge >= 0.3 is 0 Å². The number of rotatable bonds is 8. The summed E-state index contributed by atoms with van der Waals surface area (Å²) in [6.07, 6.45) is 2.31. The van der Waals surface area contributed by atoms with Gasteiger partial charge in [-0.1, -0.05) is 45.7 Å². The number of nitrogens with one attached hydrogen (secondary N) is 1. The number of likely N-dealkylation sites (N-methyl/N-ethyl adjacent to an activating group) is 1. The summed E-state index contributed by atoms with van der Waals surface area (Å²) in [5.41, 5.74) is 7.12. The van der Waals surface area contributed by atoms with Crippen LogP contribution in [0.1, 0.15) is 33.6 Å². The van der Waals surface area contributed by atoms with Crippen LogP contribution < -0.4 is 11.1 Å². The van der Waals surface area contributed by atoms with Crippen LogP contribution in [0.3, 0.4) is 0 Å². The molecule has 0 radical (unpaired) electrons. The molecule has 0 atom stereocenters. The topological polar surface area (TPSA) is 58.4 Å². The van der Waals surface area contributed by atoms with E-state index >= 15 is 0 Å². The van der Waals surface area contributed by atoms with Gasteiger partial charge in [0, 0.05) is 6.54 Å². The molecule has 1 amide bonds. The van der Waals surface area contributed by atoms with E-state index in [9.17, 15) is 4.79 Å². The summed E-state index contributed by atoms with van der Waals surface area (Å²) in [5.74, 6) is 0.653. The quantitative estimate of drug-likeness (QED) is 0.718. The third-order valence-electron chi connectivity index (χ3n) is 3.72. The lowest BCUT2D eigenvalue weighted by Gasteiger charge is -2.24. The minimum atomic E-state index is -0.00398. The summed E-state index contributed by atoms with van der Waals surface area (Å²) in [5, 5.41) is 2.88. The minimum absolute atomic E-state index is 0.00398. The fraction of sp³-hybridized carbons (Fsp3) is 0.562. The molecule has 20 heavy (non-hydrogen) atoms. The number of para-hydroxylation sites is 2. The molecule has 0 heterocycles. The van der Waals surface area contributed by atoms with Gasteiger partial charge in [-0.2, -0.15) is 0 Å². The number of carbonyl (C=O) groups excluding carboxylic acids is 1. The third kappa shape index (κ3) is 5.21. The first-order chi connectivity index (χ1) is 9.60. The van der Waals surface area contributed by atoms with Crippen molar-refractivity contribution in [3.63, 3.8) is 0 Å². The molecule has 4 nitrogen and oxygen atoms in total. The lowest BCUT2D eigenvalue weighted by Crippen LogP contribution is -2.36. The largest absolute Gasteiger partial charge is 0.397 e. The molecule has 1 aromatic carbocycles. The number of nitrogens with zero attached hydrogens (tertiary/aromatic N) is 1. The monoisotopic (exact) mass is 277 g/mol. The Morgan fingerprint density at radius 2 is 1.90 bits per heavy atom. The Balaban J connectivity index is 2.53. The molecule has 1 rings (SSSR count). The van der Waals surface area contributed by atoms with Crippen molar-refractivity contribution < 1.29 is 4.79 Å². The van der Waals surface area contributed by atoms with Crippen LogP contribution in [0.4, 0.5) is 11.4 Å². The van der Waals surface area contributed by atoms with Gasteiger partial charge in [-0.25, -0.2) is 0 Å². The summed E-state index contributed by atoms with van der Waals surface area (Å²) in [7, 11) is 0. The first kappa shape index (κ1) is 16.5. The zero-order valence-electron chi connectivity index (χ0n) is 12.9. The zero-order valence-corrected chi connectivity index (χ0v) is 12.9. The van der Waals surface area contributed by atoms with Gasteiger partial charge in [-0.15, -0.1) is 0 Å². The van der Waals surface area contributed by atoms with E-state index in [1.165, 1.54) is 0 Å². The van der Waals surface area contributed by atoms with Crippen LogP contribution in [0.5, 0.6) is 0 Å². The van der Waals surface area contributed by atoms with E-state index in [0.29, 0.717) is 23.8 Å². The maximum atomic E-state index is 12.1. The van der Waals surface area contributed by atoms with Crippen molar-refractivity contribution in [1.29, 1.82) is 0 Å². The minimum Gasteiger partial charge on any atom is -0.397 e. The molecule has 0 spiro atoms. The normalized spacial score (nSPS) is 11.1. The molecule has 0 unspecified atom stereocenters. The van der Waals surface area contributed by atoms with Gasteiger partial charge in [0.15, 0.2) is 0 Å². The molecule has 0 bridgehead atoms. The van der Waals surface area contributed by atoms with Crippen LogP contribution in [0.25, 0.3) is 0 Å². The second-order valence-corrected chi connectivity index (χ2v) is 5.15. The summed E-state index contributed by atoms with van der Waals surface area (Å²) >= 11 is 0. The van der Waals surface area contributed by atoms with Crippen LogP contribution in [-0.2, 0) is 4.79 Å². The number of nitrogens with two attached hydrogens (primary N) is 1. The maximum Gasteiger partial charge on any atom is 0.238 e. The number of benzene rings is 1. The van der Waals surface area contributed by atoms with Crippen molar-refractivity contribution in [3.8, 4) is 0 Å². The van der Waals surface area contributed by atoms with Crippen LogP contribution in [0.2, 0.25) is 0 Å². The van der Waals surface area contributed by atoms with Crippen LogP contribution >= 0.6 is 0 Å². The summed E-state index contributed by atoms with van der Waals surface area (Å²) in [6, 6.07) is 7.34. The Hall–Kier alpha value is -1.55. The Morgan fingerprint density at radius 1 is 1.25 bits per heavy atom. The molecular formula is C16H27N3O. The fourth-order valence-electron chi connectivity index (χ4n) is 2.22. The number of anilines is 2. The van der Waals surface area contributed by atoms with E-state index in [4.69, 9.17) is 5.73 Å². The van der Waals surface area contributed by atoms with E-state index in [1.807, 2.05) is 18.2 Å². The number of carbonyl (C=O) groups is 1. The molecule has 0 fully saturated rings. The lowest BCUT2D eigenvalue weighted by atomic mass is 10.0. The first-order valence-electron chi connectivity index (χ1n) is 7.47. The van der Waals surface area contributed by atoms with Crippen LogP contribution in [-0.4, -0.2) is 30.4 Å². The molecule has 112 valence electrons. The Kier molecular flexibility index (Phi) is 7.09. The maximum absolute atomic E-state index is 12.1. The molecule has 3 N–H and O–H groups in total. The predicted octanol–water partition coefficient (Wildman–Crippen LogP) is 2.97. The van der Waals surface area contributed by atoms with Crippen molar-refractivity contribution in [2.75, 3.05) is 30.7 Å². The number of hydrogen-bond acceptors (Lipinski definition) is 3. The van der Waals surface area contributed by atoms with Gasteiger partial charge in [-0.3, -0.25) is 9.69 Å². The molecule has 1 aromatic rings. The van der Waals surface area contributed by atoms with Crippen molar-refractivity contribution in [3.05, 3.63) is 24.3 Å². The number of hydrogen-bond donors (Lipinski definition) is 2. The number of nitrogen functional groups attached to an aromatic ring is 1. The average molecular weight is 277 g/mol. The molecule has 0 saturated heterocycles. The fourth-order valence-corrected chi connectivity index (χ4v) is 2.22. The number of amides is 1. The zero-order chi connectivity index (χ0) is 15.0. The lowest BCUT2D eigenvalue weighted by molar-refractivity contribution is -0.117. The molecule has 4 heteroatoms. The highest BCUT2D eigenvalue weighted by atomic mass is 16.2.